The Bertz CT molecular complexity index is 765. The van der Waals surface area contributed by atoms with Gasteiger partial charge in [-0.05, 0) is 30.5 Å². The van der Waals surface area contributed by atoms with Crippen molar-refractivity contribution in [1.82, 2.24) is 9.55 Å². The molecule has 1 N–H and O–H groups in total. The SMILES string of the molecule is Cn1cnc2cc(NC(=O)COCC(=O)OCCC3CCCC3)ccc21. The molecule has 1 saturated carbocycles. The molecule has 26 heavy (non-hydrogen) atoms. The van der Waals surface area contributed by atoms with E-state index in [1.807, 2.05) is 17.7 Å². The van der Waals surface area contributed by atoms with Gasteiger partial charge in [-0.1, -0.05) is 25.7 Å². The molecule has 1 heterocycles. The van der Waals surface area contributed by atoms with Crippen molar-refractivity contribution in [3.63, 3.8) is 0 Å². The number of carbonyl (C=O) groups excluding carboxylic acids is 2. The molecule has 1 aromatic heterocycles. The van der Waals surface area contributed by atoms with Crippen LogP contribution in [0.15, 0.2) is 24.5 Å². The first-order valence-electron chi connectivity index (χ1n) is 9.06. The van der Waals surface area contributed by atoms with Gasteiger partial charge in [0.1, 0.15) is 13.2 Å². The zero-order chi connectivity index (χ0) is 18.4. The van der Waals surface area contributed by atoms with Crippen LogP contribution in [-0.4, -0.2) is 41.2 Å². The number of rotatable bonds is 8. The van der Waals surface area contributed by atoms with Crippen molar-refractivity contribution in [2.45, 2.75) is 32.1 Å². The summed E-state index contributed by atoms with van der Waals surface area (Å²) in [5.74, 6) is -0.0596. The van der Waals surface area contributed by atoms with Crippen molar-refractivity contribution >= 4 is 28.6 Å². The second-order valence-electron chi connectivity index (χ2n) is 6.76. The summed E-state index contributed by atoms with van der Waals surface area (Å²) >= 11 is 0. The third kappa shape index (κ3) is 5.05. The van der Waals surface area contributed by atoms with Crippen LogP contribution in [0.3, 0.4) is 0 Å². The Morgan fingerprint density at radius 3 is 2.88 bits per heavy atom. The lowest BCUT2D eigenvalue weighted by molar-refractivity contribution is -0.149. The molecule has 1 amide bonds. The maximum atomic E-state index is 11.9. The van der Waals surface area contributed by atoms with Gasteiger partial charge in [0.2, 0.25) is 5.91 Å². The zero-order valence-corrected chi connectivity index (χ0v) is 15.1. The van der Waals surface area contributed by atoms with E-state index in [0.717, 1.165) is 17.5 Å². The monoisotopic (exact) mass is 359 g/mol. The molecule has 1 fully saturated rings. The number of aryl methyl sites for hydroxylation is 1. The minimum absolute atomic E-state index is 0.196. The Hall–Kier alpha value is -2.41. The number of benzene rings is 1. The minimum Gasteiger partial charge on any atom is -0.464 e. The number of aromatic nitrogens is 2. The number of hydrogen-bond donors (Lipinski definition) is 1. The van der Waals surface area contributed by atoms with E-state index in [2.05, 4.69) is 10.3 Å². The first kappa shape index (κ1) is 18.4. The van der Waals surface area contributed by atoms with Crippen molar-refractivity contribution in [2.24, 2.45) is 13.0 Å². The predicted octanol–water partition coefficient (Wildman–Crippen LogP) is 2.65. The molecule has 0 saturated heterocycles. The van der Waals surface area contributed by atoms with E-state index in [1.165, 1.54) is 25.7 Å². The van der Waals surface area contributed by atoms with Crippen LogP contribution in [-0.2, 0) is 26.1 Å². The van der Waals surface area contributed by atoms with Gasteiger partial charge in [0, 0.05) is 12.7 Å². The molecule has 2 aromatic rings. The van der Waals surface area contributed by atoms with Gasteiger partial charge >= 0.3 is 5.97 Å². The zero-order valence-electron chi connectivity index (χ0n) is 15.1. The molecule has 7 heteroatoms. The molecule has 1 aromatic carbocycles. The summed E-state index contributed by atoms with van der Waals surface area (Å²) in [5.41, 5.74) is 2.43. The number of carbonyl (C=O) groups is 2. The Labute approximate surface area is 152 Å². The van der Waals surface area contributed by atoms with Crippen LogP contribution in [0.2, 0.25) is 0 Å². The van der Waals surface area contributed by atoms with Crippen LogP contribution < -0.4 is 5.32 Å². The van der Waals surface area contributed by atoms with E-state index in [-0.39, 0.29) is 19.1 Å². The second-order valence-corrected chi connectivity index (χ2v) is 6.76. The molecule has 1 aliphatic carbocycles. The molecule has 140 valence electrons. The molecular weight excluding hydrogens is 334 g/mol. The van der Waals surface area contributed by atoms with Crippen LogP contribution in [0.5, 0.6) is 0 Å². The van der Waals surface area contributed by atoms with Gasteiger partial charge in [0.15, 0.2) is 0 Å². The highest BCUT2D eigenvalue weighted by Gasteiger charge is 2.15. The van der Waals surface area contributed by atoms with Crippen molar-refractivity contribution in [1.29, 1.82) is 0 Å². The predicted molar refractivity (Wildman–Crippen MR) is 97.7 cm³/mol. The number of esters is 1. The number of ether oxygens (including phenoxy) is 2. The highest BCUT2D eigenvalue weighted by molar-refractivity contribution is 5.93. The number of nitrogens with one attached hydrogen (secondary N) is 1. The van der Waals surface area contributed by atoms with Gasteiger partial charge < -0.3 is 19.4 Å². The molecule has 0 unspecified atom stereocenters. The van der Waals surface area contributed by atoms with E-state index >= 15 is 0 Å². The van der Waals surface area contributed by atoms with Crippen LogP contribution in [0, 0.1) is 5.92 Å². The number of fused-ring (bicyclic) bond motifs is 1. The summed E-state index contributed by atoms with van der Waals surface area (Å²) in [6, 6.07) is 5.49. The van der Waals surface area contributed by atoms with E-state index in [4.69, 9.17) is 9.47 Å². The number of amides is 1. The summed E-state index contributed by atoms with van der Waals surface area (Å²) < 4.78 is 12.2. The highest BCUT2D eigenvalue weighted by atomic mass is 16.6. The number of hydrogen-bond acceptors (Lipinski definition) is 5. The first-order valence-corrected chi connectivity index (χ1v) is 9.06. The van der Waals surface area contributed by atoms with Crippen molar-refractivity contribution in [2.75, 3.05) is 25.1 Å². The van der Waals surface area contributed by atoms with Gasteiger partial charge in [-0.15, -0.1) is 0 Å². The summed E-state index contributed by atoms with van der Waals surface area (Å²) in [6.45, 7) is 0.0263. The topological polar surface area (TPSA) is 82.5 Å². The number of nitrogens with zero attached hydrogens (tertiary/aromatic N) is 2. The fourth-order valence-electron chi connectivity index (χ4n) is 3.32. The standard InChI is InChI=1S/C19H25N3O4/c1-22-13-20-16-10-15(6-7-17(16)22)21-18(23)11-25-12-19(24)26-9-8-14-4-2-3-5-14/h6-7,10,13-14H,2-5,8-9,11-12H2,1H3,(H,21,23). The lowest BCUT2D eigenvalue weighted by Gasteiger charge is -2.10. The molecule has 1 aliphatic rings. The summed E-state index contributed by atoms with van der Waals surface area (Å²) in [5, 5.41) is 2.73. The van der Waals surface area contributed by atoms with Gasteiger partial charge in [-0.3, -0.25) is 4.79 Å². The van der Waals surface area contributed by atoms with Gasteiger partial charge in [0.05, 0.1) is 24.0 Å². The maximum absolute atomic E-state index is 11.9. The minimum atomic E-state index is -0.425. The largest absolute Gasteiger partial charge is 0.464 e. The van der Waals surface area contributed by atoms with E-state index in [0.29, 0.717) is 18.2 Å². The van der Waals surface area contributed by atoms with Gasteiger partial charge in [-0.2, -0.15) is 0 Å². The van der Waals surface area contributed by atoms with Crippen LogP contribution in [0.1, 0.15) is 32.1 Å². The van der Waals surface area contributed by atoms with Crippen LogP contribution >= 0.6 is 0 Å². The molecule has 0 atom stereocenters. The Kier molecular flexibility index (Phi) is 6.22. The lowest BCUT2D eigenvalue weighted by Crippen LogP contribution is -2.22. The number of imidazole rings is 1. The van der Waals surface area contributed by atoms with Crippen molar-refractivity contribution in [3.05, 3.63) is 24.5 Å². The first-order chi connectivity index (χ1) is 12.6. The average Bonchev–Trinajstić information content (AvgIpc) is 3.25. The molecule has 0 aliphatic heterocycles. The van der Waals surface area contributed by atoms with Crippen molar-refractivity contribution < 1.29 is 19.1 Å². The number of anilines is 1. The second kappa shape index (κ2) is 8.80. The quantitative estimate of drug-likeness (QED) is 0.733. The highest BCUT2D eigenvalue weighted by Crippen LogP contribution is 2.27. The van der Waals surface area contributed by atoms with E-state index in [1.54, 1.807) is 18.5 Å². The molecule has 0 bridgehead atoms. The Morgan fingerprint density at radius 1 is 1.27 bits per heavy atom. The molecule has 0 spiro atoms. The fourth-order valence-corrected chi connectivity index (χ4v) is 3.32. The van der Waals surface area contributed by atoms with Crippen LogP contribution in [0.4, 0.5) is 5.69 Å². The van der Waals surface area contributed by atoms with Gasteiger partial charge in [0.25, 0.3) is 0 Å². The molecule has 7 nitrogen and oxygen atoms in total. The molecular formula is C19H25N3O4. The Morgan fingerprint density at radius 2 is 2.08 bits per heavy atom. The van der Waals surface area contributed by atoms with Crippen LogP contribution in [0.25, 0.3) is 11.0 Å². The van der Waals surface area contributed by atoms with E-state index in [9.17, 15) is 9.59 Å². The fraction of sp³-hybridized carbons (Fsp3) is 0.526. The van der Waals surface area contributed by atoms with Gasteiger partial charge in [-0.25, -0.2) is 9.78 Å². The molecule has 0 radical (unpaired) electrons. The third-order valence-corrected chi connectivity index (χ3v) is 4.73. The summed E-state index contributed by atoms with van der Waals surface area (Å²) in [7, 11) is 1.91. The van der Waals surface area contributed by atoms with E-state index < -0.39 is 5.97 Å². The smallest absolute Gasteiger partial charge is 0.332 e. The third-order valence-electron chi connectivity index (χ3n) is 4.73. The Balaban J connectivity index is 1.33. The van der Waals surface area contributed by atoms with Crippen molar-refractivity contribution in [3.8, 4) is 0 Å². The molecule has 3 rings (SSSR count). The lowest BCUT2D eigenvalue weighted by atomic mass is 10.1. The maximum Gasteiger partial charge on any atom is 0.332 e. The summed E-state index contributed by atoms with van der Waals surface area (Å²) in [4.78, 5) is 27.8. The summed E-state index contributed by atoms with van der Waals surface area (Å²) in [6.07, 6.45) is 7.67. The average molecular weight is 359 g/mol. The normalized spacial score (nSPS) is 14.7.